The van der Waals surface area contributed by atoms with Crippen LogP contribution in [0.25, 0.3) is 0 Å². The van der Waals surface area contributed by atoms with Gasteiger partial charge in [0.05, 0.1) is 4.90 Å². The SMILES string of the molecule is Cc1ccc(S(=O)(=O)NC2CCNC(C)C2)cc1F.Cl. The molecule has 2 N–H and O–H groups in total. The third-order valence-electron chi connectivity index (χ3n) is 3.40. The highest BCUT2D eigenvalue weighted by Gasteiger charge is 2.24. The molecule has 114 valence electrons. The molecule has 1 aliphatic heterocycles. The van der Waals surface area contributed by atoms with Crippen molar-refractivity contribution in [3.8, 4) is 0 Å². The van der Waals surface area contributed by atoms with Crippen molar-refractivity contribution in [1.82, 2.24) is 10.0 Å². The number of hydrogen-bond donors (Lipinski definition) is 2. The van der Waals surface area contributed by atoms with Crippen molar-refractivity contribution in [3.05, 3.63) is 29.6 Å². The third-order valence-corrected chi connectivity index (χ3v) is 4.92. The van der Waals surface area contributed by atoms with Gasteiger partial charge in [-0.3, -0.25) is 0 Å². The monoisotopic (exact) mass is 322 g/mol. The van der Waals surface area contributed by atoms with E-state index in [1.165, 1.54) is 12.1 Å². The van der Waals surface area contributed by atoms with Gasteiger partial charge >= 0.3 is 0 Å². The summed E-state index contributed by atoms with van der Waals surface area (Å²) in [6, 6.07) is 4.18. The summed E-state index contributed by atoms with van der Waals surface area (Å²) in [5, 5.41) is 3.26. The molecular formula is C13H20ClFN2O2S. The lowest BCUT2D eigenvalue weighted by molar-refractivity contribution is 0.361. The predicted molar refractivity (Wildman–Crippen MR) is 79.2 cm³/mol. The van der Waals surface area contributed by atoms with Crippen LogP contribution in [0.15, 0.2) is 23.1 Å². The fourth-order valence-corrected chi connectivity index (χ4v) is 3.56. The van der Waals surface area contributed by atoms with E-state index >= 15 is 0 Å². The summed E-state index contributed by atoms with van der Waals surface area (Å²) in [6.45, 7) is 4.41. The summed E-state index contributed by atoms with van der Waals surface area (Å²) in [5.41, 5.74) is 0.439. The number of halogens is 2. The molecule has 2 atom stereocenters. The highest BCUT2D eigenvalue weighted by molar-refractivity contribution is 7.89. The first-order valence-corrected chi connectivity index (χ1v) is 7.88. The smallest absolute Gasteiger partial charge is 0.240 e. The van der Waals surface area contributed by atoms with Crippen molar-refractivity contribution < 1.29 is 12.8 Å². The first kappa shape index (κ1) is 17.4. The van der Waals surface area contributed by atoms with Gasteiger partial charge in [0, 0.05) is 12.1 Å². The van der Waals surface area contributed by atoms with Gasteiger partial charge in [-0.25, -0.2) is 17.5 Å². The molecule has 0 radical (unpaired) electrons. The van der Waals surface area contributed by atoms with E-state index in [4.69, 9.17) is 0 Å². The molecule has 0 aromatic heterocycles. The van der Waals surface area contributed by atoms with Crippen LogP contribution in [0, 0.1) is 12.7 Å². The summed E-state index contributed by atoms with van der Waals surface area (Å²) in [4.78, 5) is -0.0122. The average Bonchev–Trinajstić information content (AvgIpc) is 2.32. The summed E-state index contributed by atoms with van der Waals surface area (Å²) in [6.07, 6.45) is 1.49. The summed E-state index contributed by atoms with van der Waals surface area (Å²) in [7, 11) is -3.64. The number of sulfonamides is 1. The van der Waals surface area contributed by atoms with Gasteiger partial charge in [0.15, 0.2) is 0 Å². The normalized spacial score (nSPS) is 23.1. The van der Waals surface area contributed by atoms with E-state index in [-0.39, 0.29) is 29.4 Å². The highest BCUT2D eigenvalue weighted by Crippen LogP contribution is 2.17. The molecule has 0 saturated carbocycles. The Labute approximate surface area is 125 Å². The predicted octanol–water partition coefficient (Wildman–Crippen LogP) is 1.97. The molecule has 1 aromatic carbocycles. The molecule has 1 aromatic rings. The molecule has 0 aliphatic carbocycles. The lowest BCUT2D eigenvalue weighted by atomic mass is 10.0. The van der Waals surface area contributed by atoms with Crippen molar-refractivity contribution in [2.45, 2.75) is 43.7 Å². The van der Waals surface area contributed by atoms with Gasteiger partial charge in [0.1, 0.15) is 5.82 Å². The Morgan fingerprint density at radius 1 is 1.40 bits per heavy atom. The molecule has 1 aliphatic rings. The number of piperidine rings is 1. The Bertz CT molecular complexity index is 565. The Morgan fingerprint density at radius 2 is 2.10 bits per heavy atom. The van der Waals surface area contributed by atoms with E-state index in [0.29, 0.717) is 5.56 Å². The van der Waals surface area contributed by atoms with Crippen molar-refractivity contribution in [2.75, 3.05) is 6.54 Å². The lowest BCUT2D eigenvalue weighted by Crippen LogP contribution is -2.46. The fourth-order valence-electron chi connectivity index (χ4n) is 2.27. The van der Waals surface area contributed by atoms with E-state index < -0.39 is 15.8 Å². The van der Waals surface area contributed by atoms with Crippen LogP contribution in [0.1, 0.15) is 25.3 Å². The second kappa shape index (κ2) is 6.85. The van der Waals surface area contributed by atoms with Crippen LogP contribution < -0.4 is 10.0 Å². The Kier molecular flexibility index (Phi) is 5.94. The molecular weight excluding hydrogens is 303 g/mol. The molecule has 1 heterocycles. The minimum Gasteiger partial charge on any atom is -0.314 e. The van der Waals surface area contributed by atoms with Crippen LogP contribution in [0.3, 0.4) is 0 Å². The van der Waals surface area contributed by atoms with Crippen molar-refractivity contribution >= 4 is 22.4 Å². The van der Waals surface area contributed by atoms with Gasteiger partial charge in [-0.2, -0.15) is 0 Å². The number of benzene rings is 1. The number of aryl methyl sites for hydroxylation is 1. The number of nitrogens with one attached hydrogen (secondary N) is 2. The standard InChI is InChI=1S/C13H19FN2O2S.ClH/c1-9-3-4-12(8-13(9)14)19(17,18)16-11-5-6-15-10(2)7-11;/h3-4,8,10-11,15-16H,5-7H2,1-2H3;1H. The molecule has 7 heteroatoms. The van der Waals surface area contributed by atoms with Crippen molar-refractivity contribution in [1.29, 1.82) is 0 Å². The fraction of sp³-hybridized carbons (Fsp3) is 0.538. The zero-order valence-electron chi connectivity index (χ0n) is 11.5. The molecule has 1 fully saturated rings. The van der Waals surface area contributed by atoms with Crippen LogP contribution in [-0.2, 0) is 10.0 Å². The Balaban J connectivity index is 0.00000200. The largest absolute Gasteiger partial charge is 0.314 e. The molecule has 2 rings (SSSR count). The van der Waals surface area contributed by atoms with E-state index in [0.717, 1.165) is 25.5 Å². The second-order valence-electron chi connectivity index (χ2n) is 5.11. The van der Waals surface area contributed by atoms with E-state index in [9.17, 15) is 12.8 Å². The number of rotatable bonds is 3. The van der Waals surface area contributed by atoms with Crippen LogP contribution >= 0.6 is 12.4 Å². The van der Waals surface area contributed by atoms with Gasteiger partial charge < -0.3 is 5.32 Å². The van der Waals surface area contributed by atoms with E-state index in [1.54, 1.807) is 6.92 Å². The topological polar surface area (TPSA) is 58.2 Å². The molecule has 4 nitrogen and oxygen atoms in total. The van der Waals surface area contributed by atoms with Crippen LogP contribution in [0.4, 0.5) is 4.39 Å². The zero-order valence-corrected chi connectivity index (χ0v) is 13.2. The lowest BCUT2D eigenvalue weighted by Gasteiger charge is -2.28. The van der Waals surface area contributed by atoms with Gasteiger partial charge in [-0.1, -0.05) is 6.07 Å². The minimum absolute atomic E-state index is 0. The van der Waals surface area contributed by atoms with E-state index in [2.05, 4.69) is 10.0 Å². The first-order valence-electron chi connectivity index (χ1n) is 6.40. The van der Waals surface area contributed by atoms with Crippen LogP contribution in [0.5, 0.6) is 0 Å². The molecule has 20 heavy (non-hydrogen) atoms. The van der Waals surface area contributed by atoms with Crippen LogP contribution in [-0.4, -0.2) is 27.0 Å². The second-order valence-corrected chi connectivity index (χ2v) is 6.82. The summed E-state index contributed by atoms with van der Waals surface area (Å²) in [5.74, 6) is -0.499. The zero-order chi connectivity index (χ0) is 14.0. The maximum Gasteiger partial charge on any atom is 0.240 e. The van der Waals surface area contributed by atoms with Gasteiger partial charge in [-0.05, 0) is 50.9 Å². The van der Waals surface area contributed by atoms with Crippen molar-refractivity contribution in [3.63, 3.8) is 0 Å². The number of hydrogen-bond acceptors (Lipinski definition) is 3. The highest BCUT2D eigenvalue weighted by atomic mass is 35.5. The van der Waals surface area contributed by atoms with Gasteiger partial charge in [-0.15, -0.1) is 12.4 Å². The molecule has 0 amide bonds. The first-order chi connectivity index (χ1) is 8.88. The van der Waals surface area contributed by atoms with Gasteiger partial charge in [0.25, 0.3) is 0 Å². The maximum absolute atomic E-state index is 13.4. The van der Waals surface area contributed by atoms with Gasteiger partial charge in [0.2, 0.25) is 10.0 Å². The van der Waals surface area contributed by atoms with Crippen molar-refractivity contribution in [2.24, 2.45) is 0 Å². The minimum atomic E-state index is -3.64. The maximum atomic E-state index is 13.4. The third kappa shape index (κ3) is 4.15. The Hall–Kier alpha value is -0.690. The van der Waals surface area contributed by atoms with E-state index in [1.807, 2.05) is 6.92 Å². The Morgan fingerprint density at radius 3 is 2.70 bits per heavy atom. The average molecular weight is 323 g/mol. The summed E-state index contributed by atoms with van der Waals surface area (Å²) < 4.78 is 40.4. The molecule has 0 spiro atoms. The molecule has 2 unspecified atom stereocenters. The summed E-state index contributed by atoms with van der Waals surface area (Å²) >= 11 is 0. The molecule has 1 saturated heterocycles. The molecule has 0 bridgehead atoms. The van der Waals surface area contributed by atoms with Crippen LogP contribution in [0.2, 0.25) is 0 Å². The quantitative estimate of drug-likeness (QED) is 0.894.